The second-order valence-corrected chi connectivity index (χ2v) is 5.01. The van der Waals surface area contributed by atoms with Gasteiger partial charge in [0, 0.05) is 23.9 Å². The molecular formula is C14H14F3N5O2. The standard InChI is InChI=1S/C14H14F3N5O2/c1-8(2)24-12-6-9(5-10(20-12)14(15,16)17)13-19-7-22(21-13)4-3-11(18)23/h3-8H,1-2H3,(H2,18,23)/b4-3-. The number of hydrogen-bond donors (Lipinski definition) is 1. The van der Waals surface area contributed by atoms with Crippen molar-refractivity contribution in [3.8, 4) is 17.3 Å². The minimum atomic E-state index is -4.64. The van der Waals surface area contributed by atoms with Gasteiger partial charge in [-0.05, 0) is 19.9 Å². The van der Waals surface area contributed by atoms with Crippen LogP contribution in [0.15, 0.2) is 24.5 Å². The van der Waals surface area contributed by atoms with Gasteiger partial charge in [0.25, 0.3) is 0 Å². The second kappa shape index (κ2) is 6.69. The van der Waals surface area contributed by atoms with E-state index < -0.39 is 17.8 Å². The Kier molecular flexibility index (Phi) is 4.86. The van der Waals surface area contributed by atoms with Crippen molar-refractivity contribution in [3.63, 3.8) is 0 Å². The zero-order valence-electron chi connectivity index (χ0n) is 12.8. The third-order valence-corrected chi connectivity index (χ3v) is 2.61. The summed E-state index contributed by atoms with van der Waals surface area (Å²) in [5.74, 6) is -0.854. The van der Waals surface area contributed by atoms with Crippen molar-refractivity contribution in [1.82, 2.24) is 19.7 Å². The van der Waals surface area contributed by atoms with Gasteiger partial charge >= 0.3 is 6.18 Å². The molecule has 2 N–H and O–H groups in total. The highest BCUT2D eigenvalue weighted by Gasteiger charge is 2.34. The number of alkyl halides is 3. The number of ether oxygens (including phenoxy) is 1. The first kappa shape index (κ1) is 17.4. The molecule has 0 aromatic carbocycles. The predicted molar refractivity (Wildman–Crippen MR) is 78.5 cm³/mol. The minimum absolute atomic E-state index is 0.0191. The van der Waals surface area contributed by atoms with Crippen LogP contribution >= 0.6 is 0 Å². The van der Waals surface area contributed by atoms with E-state index in [0.717, 1.165) is 16.8 Å². The van der Waals surface area contributed by atoms with E-state index in [-0.39, 0.29) is 23.4 Å². The van der Waals surface area contributed by atoms with Crippen LogP contribution in [-0.2, 0) is 11.0 Å². The highest BCUT2D eigenvalue weighted by molar-refractivity contribution is 5.88. The summed E-state index contributed by atoms with van der Waals surface area (Å²) in [5.41, 5.74) is 3.93. The first-order valence-electron chi connectivity index (χ1n) is 6.80. The number of pyridine rings is 1. The Hall–Kier alpha value is -2.91. The van der Waals surface area contributed by atoms with Crippen LogP contribution in [0.5, 0.6) is 5.88 Å². The number of carbonyl (C=O) groups is 1. The van der Waals surface area contributed by atoms with Crippen molar-refractivity contribution in [1.29, 1.82) is 0 Å². The fourth-order valence-electron chi connectivity index (χ4n) is 1.71. The van der Waals surface area contributed by atoms with Gasteiger partial charge in [0.05, 0.1) is 6.10 Å². The van der Waals surface area contributed by atoms with E-state index >= 15 is 0 Å². The molecule has 128 valence electrons. The van der Waals surface area contributed by atoms with Crippen LogP contribution in [0.2, 0.25) is 0 Å². The average molecular weight is 341 g/mol. The third-order valence-electron chi connectivity index (χ3n) is 2.61. The molecule has 1 amide bonds. The summed E-state index contributed by atoms with van der Waals surface area (Å²) in [6.45, 7) is 3.34. The smallest absolute Gasteiger partial charge is 0.433 e. The van der Waals surface area contributed by atoms with E-state index in [0.29, 0.717) is 0 Å². The molecule has 24 heavy (non-hydrogen) atoms. The summed E-state index contributed by atoms with van der Waals surface area (Å²) >= 11 is 0. The van der Waals surface area contributed by atoms with Gasteiger partial charge in [-0.3, -0.25) is 4.79 Å². The molecule has 0 aliphatic heterocycles. The van der Waals surface area contributed by atoms with Gasteiger partial charge in [-0.1, -0.05) is 0 Å². The van der Waals surface area contributed by atoms with Crippen LogP contribution in [0.25, 0.3) is 17.6 Å². The third kappa shape index (κ3) is 4.54. The molecule has 7 nitrogen and oxygen atoms in total. The van der Waals surface area contributed by atoms with Gasteiger partial charge in [0.1, 0.15) is 12.0 Å². The molecule has 0 spiro atoms. The first-order chi connectivity index (χ1) is 11.1. The van der Waals surface area contributed by atoms with Gasteiger partial charge in [0.15, 0.2) is 5.82 Å². The van der Waals surface area contributed by atoms with E-state index in [4.69, 9.17) is 10.5 Å². The van der Waals surface area contributed by atoms with Crippen LogP contribution in [0.4, 0.5) is 13.2 Å². The van der Waals surface area contributed by atoms with Gasteiger partial charge in [-0.2, -0.15) is 13.2 Å². The number of nitrogens with two attached hydrogens (primary N) is 1. The zero-order chi connectivity index (χ0) is 17.9. The van der Waals surface area contributed by atoms with E-state index in [1.54, 1.807) is 13.8 Å². The monoisotopic (exact) mass is 341 g/mol. The number of primary amides is 1. The van der Waals surface area contributed by atoms with Crippen molar-refractivity contribution < 1.29 is 22.7 Å². The molecule has 0 saturated carbocycles. The van der Waals surface area contributed by atoms with Crippen molar-refractivity contribution in [2.75, 3.05) is 0 Å². The molecule has 0 radical (unpaired) electrons. The quantitative estimate of drug-likeness (QED) is 0.840. The Balaban J connectivity index is 2.43. The molecule has 0 unspecified atom stereocenters. The molecule has 0 atom stereocenters. The maximum Gasteiger partial charge on any atom is 0.433 e. The molecule has 2 rings (SSSR count). The number of amides is 1. The van der Waals surface area contributed by atoms with Crippen LogP contribution < -0.4 is 10.5 Å². The number of nitrogens with zero attached hydrogens (tertiary/aromatic N) is 4. The molecule has 2 aromatic rings. The molecule has 10 heteroatoms. The van der Waals surface area contributed by atoms with E-state index in [1.807, 2.05) is 0 Å². The van der Waals surface area contributed by atoms with Crippen LogP contribution in [0, 0.1) is 0 Å². The Morgan fingerprint density at radius 1 is 1.38 bits per heavy atom. The van der Waals surface area contributed by atoms with Crippen LogP contribution in [-0.4, -0.2) is 31.8 Å². The summed E-state index contributed by atoms with van der Waals surface area (Å²) in [4.78, 5) is 18.0. The highest BCUT2D eigenvalue weighted by atomic mass is 19.4. The maximum atomic E-state index is 13.0. The Labute approximate surface area is 135 Å². The largest absolute Gasteiger partial charge is 0.475 e. The molecule has 0 aliphatic rings. The summed E-state index contributed by atoms with van der Waals surface area (Å²) in [7, 11) is 0. The summed E-state index contributed by atoms with van der Waals surface area (Å²) in [6, 6.07) is 2.14. The maximum absolute atomic E-state index is 13.0. The molecule has 0 saturated heterocycles. The molecule has 0 fully saturated rings. The van der Waals surface area contributed by atoms with Gasteiger partial charge in [-0.15, -0.1) is 5.10 Å². The molecule has 2 heterocycles. The predicted octanol–water partition coefficient (Wildman–Crippen LogP) is 2.10. The summed E-state index contributed by atoms with van der Waals surface area (Å²) < 4.78 is 45.4. The molecular weight excluding hydrogens is 327 g/mol. The lowest BCUT2D eigenvalue weighted by Crippen LogP contribution is -2.12. The average Bonchev–Trinajstić information content (AvgIpc) is 2.92. The van der Waals surface area contributed by atoms with Gasteiger partial charge in [-0.25, -0.2) is 14.6 Å². The van der Waals surface area contributed by atoms with E-state index in [2.05, 4.69) is 15.1 Å². The first-order valence-corrected chi connectivity index (χ1v) is 6.80. The van der Waals surface area contributed by atoms with Crippen molar-refractivity contribution in [2.24, 2.45) is 5.73 Å². The SMILES string of the molecule is CC(C)Oc1cc(-c2ncn(/C=C\C(N)=O)n2)cc(C(F)(F)F)n1. The fourth-order valence-corrected chi connectivity index (χ4v) is 1.71. The molecule has 0 bridgehead atoms. The van der Waals surface area contributed by atoms with Crippen molar-refractivity contribution in [3.05, 3.63) is 30.2 Å². The molecule has 2 aromatic heterocycles. The number of hydrogen-bond acceptors (Lipinski definition) is 5. The lowest BCUT2D eigenvalue weighted by atomic mass is 10.2. The summed E-state index contributed by atoms with van der Waals surface area (Å²) in [6.07, 6.45) is -1.49. The van der Waals surface area contributed by atoms with Crippen LogP contribution in [0.1, 0.15) is 19.5 Å². The fraction of sp³-hybridized carbons (Fsp3) is 0.286. The minimum Gasteiger partial charge on any atom is -0.475 e. The van der Waals surface area contributed by atoms with E-state index in [9.17, 15) is 18.0 Å². The second-order valence-electron chi connectivity index (χ2n) is 5.01. The normalized spacial score (nSPS) is 12.1. The van der Waals surface area contributed by atoms with Gasteiger partial charge < -0.3 is 10.5 Å². The Morgan fingerprint density at radius 2 is 2.08 bits per heavy atom. The van der Waals surface area contributed by atoms with Crippen LogP contribution in [0.3, 0.4) is 0 Å². The Morgan fingerprint density at radius 3 is 2.67 bits per heavy atom. The number of aromatic nitrogens is 4. The Bertz CT molecular complexity index is 768. The van der Waals surface area contributed by atoms with E-state index in [1.165, 1.54) is 18.6 Å². The summed E-state index contributed by atoms with van der Waals surface area (Å²) in [5, 5.41) is 3.96. The molecule has 0 aliphatic carbocycles. The lowest BCUT2D eigenvalue weighted by molar-refractivity contribution is -0.141. The topological polar surface area (TPSA) is 95.9 Å². The number of carbonyl (C=O) groups excluding carboxylic acids is 1. The zero-order valence-corrected chi connectivity index (χ0v) is 12.8. The van der Waals surface area contributed by atoms with Crippen molar-refractivity contribution >= 4 is 12.1 Å². The van der Waals surface area contributed by atoms with Gasteiger partial charge in [0.2, 0.25) is 11.8 Å². The van der Waals surface area contributed by atoms with Crippen molar-refractivity contribution in [2.45, 2.75) is 26.1 Å². The lowest BCUT2D eigenvalue weighted by Gasteiger charge is -2.12. The number of halogens is 3. The number of rotatable bonds is 5. The highest BCUT2D eigenvalue weighted by Crippen LogP contribution is 2.32.